The number of piperazine rings is 1. The number of carbonyl (C=O) groups is 2. The normalized spacial score (nSPS) is 26.7. The van der Waals surface area contributed by atoms with E-state index in [0.29, 0.717) is 19.6 Å². The molecule has 0 radical (unpaired) electrons. The van der Waals surface area contributed by atoms with Gasteiger partial charge in [-0.2, -0.15) is 0 Å². The quantitative estimate of drug-likeness (QED) is 0.865. The first-order valence-electron chi connectivity index (χ1n) is 6.96. The fourth-order valence-corrected chi connectivity index (χ4v) is 2.90. The van der Waals surface area contributed by atoms with Gasteiger partial charge in [0.05, 0.1) is 19.2 Å². The second kappa shape index (κ2) is 5.63. The van der Waals surface area contributed by atoms with E-state index in [1.807, 2.05) is 30.3 Å². The summed E-state index contributed by atoms with van der Waals surface area (Å²) in [4.78, 5) is 26.1. The highest BCUT2D eigenvalue weighted by atomic mass is 16.5. The largest absolute Gasteiger partial charge is 0.379 e. The van der Waals surface area contributed by atoms with Crippen molar-refractivity contribution in [2.45, 2.75) is 24.9 Å². The maximum atomic E-state index is 12.2. The molecule has 106 valence electrons. The molecule has 2 atom stereocenters. The summed E-state index contributed by atoms with van der Waals surface area (Å²) in [6, 6.07) is 9.40. The standard InChI is InChI=1S/C15H18N2O3/c18-14-9-16-15(19)13(8-11-4-2-1-3-5-11)17(14)12-6-7-20-10-12/h1-5,12-13H,6-10H2,(H,16,19). The van der Waals surface area contributed by atoms with Crippen LogP contribution in [0.3, 0.4) is 0 Å². The van der Waals surface area contributed by atoms with E-state index in [2.05, 4.69) is 5.32 Å². The average Bonchev–Trinajstić information content (AvgIpc) is 2.98. The summed E-state index contributed by atoms with van der Waals surface area (Å²) in [5.41, 5.74) is 1.06. The molecule has 2 fully saturated rings. The predicted molar refractivity (Wildman–Crippen MR) is 73.0 cm³/mol. The molecule has 2 aliphatic heterocycles. The molecule has 1 aromatic rings. The van der Waals surface area contributed by atoms with Crippen molar-refractivity contribution < 1.29 is 14.3 Å². The molecule has 5 heteroatoms. The summed E-state index contributed by atoms with van der Waals surface area (Å²) in [5, 5.41) is 2.68. The van der Waals surface area contributed by atoms with Gasteiger partial charge in [0.25, 0.3) is 0 Å². The Bertz CT molecular complexity index is 497. The molecule has 3 rings (SSSR count). The third kappa shape index (κ3) is 2.54. The van der Waals surface area contributed by atoms with Crippen LogP contribution in [0.2, 0.25) is 0 Å². The van der Waals surface area contributed by atoms with Gasteiger partial charge in [0.1, 0.15) is 6.04 Å². The smallest absolute Gasteiger partial charge is 0.243 e. The molecule has 20 heavy (non-hydrogen) atoms. The fraction of sp³-hybridized carbons (Fsp3) is 0.467. The number of ether oxygens (including phenoxy) is 1. The van der Waals surface area contributed by atoms with E-state index < -0.39 is 6.04 Å². The van der Waals surface area contributed by atoms with E-state index in [1.54, 1.807) is 4.90 Å². The van der Waals surface area contributed by atoms with Crippen molar-refractivity contribution in [1.29, 1.82) is 0 Å². The topological polar surface area (TPSA) is 58.6 Å². The molecule has 2 unspecified atom stereocenters. The van der Waals surface area contributed by atoms with Crippen molar-refractivity contribution >= 4 is 11.8 Å². The minimum absolute atomic E-state index is 0.0129. The lowest BCUT2D eigenvalue weighted by Crippen LogP contribution is -2.62. The third-order valence-electron chi connectivity index (χ3n) is 3.91. The first kappa shape index (κ1) is 13.1. The van der Waals surface area contributed by atoms with Crippen LogP contribution in [-0.2, 0) is 20.7 Å². The number of nitrogens with zero attached hydrogens (tertiary/aromatic N) is 1. The van der Waals surface area contributed by atoms with E-state index >= 15 is 0 Å². The zero-order valence-corrected chi connectivity index (χ0v) is 11.2. The van der Waals surface area contributed by atoms with Crippen molar-refractivity contribution in [2.24, 2.45) is 0 Å². The van der Waals surface area contributed by atoms with Crippen LogP contribution in [0.5, 0.6) is 0 Å². The van der Waals surface area contributed by atoms with Gasteiger partial charge in [0.2, 0.25) is 11.8 Å². The Balaban J connectivity index is 1.82. The zero-order valence-electron chi connectivity index (χ0n) is 11.2. The van der Waals surface area contributed by atoms with Crippen molar-refractivity contribution in [2.75, 3.05) is 19.8 Å². The number of hydrogen-bond acceptors (Lipinski definition) is 3. The Kier molecular flexibility index (Phi) is 3.69. The van der Waals surface area contributed by atoms with Crippen LogP contribution in [0.1, 0.15) is 12.0 Å². The maximum absolute atomic E-state index is 12.2. The summed E-state index contributed by atoms with van der Waals surface area (Å²) >= 11 is 0. The van der Waals surface area contributed by atoms with Crippen LogP contribution in [0.4, 0.5) is 0 Å². The van der Waals surface area contributed by atoms with Crippen LogP contribution in [0.25, 0.3) is 0 Å². The molecule has 1 N–H and O–H groups in total. The molecule has 0 aromatic heterocycles. The highest BCUT2D eigenvalue weighted by Gasteiger charge is 2.39. The van der Waals surface area contributed by atoms with Gasteiger partial charge >= 0.3 is 0 Å². The molecule has 0 spiro atoms. The SMILES string of the molecule is O=C1NCC(=O)N(C2CCOC2)C1Cc1ccccc1. The fourth-order valence-electron chi connectivity index (χ4n) is 2.90. The molecule has 0 bridgehead atoms. The monoisotopic (exact) mass is 274 g/mol. The van der Waals surface area contributed by atoms with E-state index in [1.165, 1.54) is 0 Å². The lowest BCUT2D eigenvalue weighted by molar-refractivity contribution is -0.148. The van der Waals surface area contributed by atoms with E-state index in [9.17, 15) is 9.59 Å². The van der Waals surface area contributed by atoms with Crippen molar-refractivity contribution in [3.05, 3.63) is 35.9 Å². The lowest BCUT2D eigenvalue weighted by atomic mass is 9.99. The minimum atomic E-state index is -0.426. The van der Waals surface area contributed by atoms with Gasteiger partial charge in [0.15, 0.2) is 0 Å². The molecule has 0 saturated carbocycles. The van der Waals surface area contributed by atoms with E-state index in [-0.39, 0.29) is 24.4 Å². The first-order valence-corrected chi connectivity index (χ1v) is 6.96. The van der Waals surface area contributed by atoms with Crippen LogP contribution in [0.15, 0.2) is 30.3 Å². The van der Waals surface area contributed by atoms with Gasteiger partial charge in [-0.25, -0.2) is 0 Å². The predicted octanol–water partition coefficient (Wildman–Crippen LogP) is 0.345. The third-order valence-corrected chi connectivity index (χ3v) is 3.91. The Morgan fingerprint density at radius 1 is 1.25 bits per heavy atom. The number of carbonyl (C=O) groups excluding carboxylic acids is 2. The second-order valence-electron chi connectivity index (χ2n) is 5.24. The molecular weight excluding hydrogens is 256 g/mol. The van der Waals surface area contributed by atoms with Crippen molar-refractivity contribution in [3.63, 3.8) is 0 Å². The summed E-state index contributed by atoms with van der Waals surface area (Å²) < 4.78 is 5.37. The van der Waals surface area contributed by atoms with E-state index in [4.69, 9.17) is 4.74 Å². The zero-order chi connectivity index (χ0) is 13.9. The van der Waals surface area contributed by atoms with Gasteiger partial charge in [-0.05, 0) is 12.0 Å². The van der Waals surface area contributed by atoms with Gasteiger partial charge in [-0.3, -0.25) is 9.59 Å². The number of benzene rings is 1. The molecule has 1 aromatic carbocycles. The lowest BCUT2D eigenvalue weighted by Gasteiger charge is -2.38. The van der Waals surface area contributed by atoms with Crippen LogP contribution >= 0.6 is 0 Å². The summed E-state index contributed by atoms with van der Waals surface area (Å²) in [5.74, 6) is -0.0821. The summed E-state index contributed by atoms with van der Waals surface area (Å²) in [7, 11) is 0. The minimum Gasteiger partial charge on any atom is -0.379 e. The molecular formula is C15H18N2O3. The molecule has 5 nitrogen and oxygen atoms in total. The van der Waals surface area contributed by atoms with Gasteiger partial charge in [0, 0.05) is 13.0 Å². The Hall–Kier alpha value is -1.88. The number of nitrogens with one attached hydrogen (secondary N) is 1. The molecule has 2 heterocycles. The van der Waals surface area contributed by atoms with Gasteiger partial charge < -0.3 is 15.0 Å². The Labute approximate surface area is 117 Å². The summed E-state index contributed by atoms with van der Waals surface area (Å²) in [6.07, 6.45) is 1.36. The van der Waals surface area contributed by atoms with Crippen molar-refractivity contribution in [3.8, 4) is 0 Å². The van der Waals surface area contributed by atoms with Gasteiger partial charge in [-0.1, -0.05) is 30.3 Å². The van der Waals surface area contributed by atoms with Gasteiger partial charge in [-0.15, -0.1) is 0 Å². The number of amides is 2. The van der Waals surface area contributed by atoms with Crippen molar-refractivity contribution in [1.82, 2.24) is 10.2 Å². The van der Waals surface area contributed by atoms with Crippen LogP contribution in [0, 0.1) is 0 Å². The molecule has 2 saturated heterocycles. The first-order chi connectivity index (χ1) is 9.75. The van der Waals surface area contributed by atoms with Crippen LogP contribution in [-0.4, -0.2) is 48.6 Å². The van der Waals surface area contributed by atoms with E-state index in [0.717, 1.165) is 12.0 Å². The molecule has 0 aliphatic carbocycles. The molecule has 2 amide bonds. The highest BCUT2D eigenvalue weighted by molar-refractivity contribution is 5.95. The average molecular weight is 274 g/mol. The number of hydrogen-bond donors (Lipinski definition) is 1. The molecule has 2 aliphatic rings. The maximum Gasteiger partial charge on any atom is 0.243 e. The Morgan fingerprint density at radius 2 is 2.05 bits per heavy atom. The van der Waals surface area contributed by atoms with Crippen LogP contribution < -0.4 is 5.32 Å². The number of rotatable bonds is 3. The Morgan fingerprint density at radius 3 is 2.75 bits per heavy atom. The second-order valence-corrected chi connectivity index (χ2v) is 5.24. The highest BCUT2D eigenvalue weighted by Crippen LogP contribution is 2.20. The summed E-state index contributed by atoms with van der Waals surface area (Å²) in [6.45, 7) is 1.29.